The Kier molecular flexibility index (Phi) is 3.17. The number of nitrogens with zero attached hydrogens (tertiary/aromatic N) is 1. The normalized spacial score (nSPS) is 10.8. The second-order valence-corrected chi connectivity index (χ2v) is 1.95. The van der Waals surface area contributed by atoms with Crippen LogP contribution >= 0.6 is 0 Å². The van der Waals surface area contributed by atoms with Crippen molar-refractivity contribution in [1.29, 1.82) is 0 Å². The summed E-state index contributed by atoms with van der Waals surface area (Å²) in [5.41, 5.74) is 8.31. The maximum Gasteiger partial charge on any atom is 0.332 e. The van der Waals surface area contributed by atoms with E-state index < -0.39 is 6.03 Å². The van der Waals surface area contributed by atoms with Crippen LogP contribution in [0.3, 0.4) is 0 Å². The van der Waals surface area contributed by atoms with E-state index in [2.05, 4.69) is 17.1 Å². The summed E-state index contributed by atoms with van der Waals surface area (Å²) in [5.74, 6) is 0. The molecule has 56 valence electrons. The van der Waals surface area contributed by atoms with Gasteiger partial charge in [0.15, 0.2) is 0 Å². The fourth-order valence-corrected chi connectivity index (χ4v) is 0.234. The Hall–Kier alpha value is -1.32. The first-order valence-corrected chi connectivity index (χ1v) is 2.79. The van der Waals surface area contributed by atoms with Crippen LogP contribution in [-0.2, 0) is 0 Å². The molecule has 3 N–H and O–H groups in total. The number of primary amides is 1. The second kappa shape index (κ2) is 3.66. The molecule has 0 heterocycles. The minimum atomic E-state index is -0.666. The van der Waals surface area contributed by atoms with Gasteiger partial charge in [0.05, 0.1) is 5.71 Å². The molecule has 0 aliphatic rings. The number of hydrogen-bond donors (Lipinski definition) is 2. The van der Waals surface area contributed by atoms with Gasteiger partial charge in [-0.2, -0.15) is 5.10 Å². The summed E-state index contributed by atoms with van der Waals surface area (Å²) in [5, 5.41) is 3.62. The molecular formula is C6H11N3O. The number of amides is 2. The molecule has 0 spiro atoms. The van der Waals surface area contributed by atoms with Crippen molar-refractivity contribution in [3.05, 3.63) is 12.2 Å². The van der Waals surface area contributed by atoms with Crippen LogP contribution in [0.25, 0.3) is 0 Å². The number of rotatable bonds is 2. The molecule has 4 heteroatoms. The zero-order valence-corrected chi connectivity index (χ0v) is 6.14. The smallest absolute Gasteiger partial charge is 0.332 e. The molecule has 0 bridgehead atoms. The number of carbonyl (C=O) groups excluding carboxylic acids is 1. The van der Waals surface area contributed by atoms with Crippen molar-refractivity contribution in [1.82, 2.24) is 5.43 Å². The van der Waals surface area contributed by atoms with Crippen LogP contribution in [0.2, 0.25) is 0 Å². The van der Waals surface area contributed by atoms with Gasteiger partial charge in [-0.3, -0.25) is 0 Å². The van der Waals surface area contributed by atoms with E-state index in [1.165, 1.54) is 0 Å². The van der Waals surface area contributed by atoms with Crippen LogP contribution in [0.4, 0.5) is 4.79 Å². The van der Waals surface area contributed by atoms with Crippen LogP contribution in [0.1, 0.15) is 13.8 Å². The predicted octanol–water partition coefficient (Wildman–Crippen LogP) is 0.607. The van der Waals surface area contributed by atoms with E-state index in [4.69, 9.17) is 5.73 Å². The fourth-order valence-electron chi connectivity index (χ4n) is 0.234. The summed E-state index contributed by atoms with van der Waals surface area (Å²) < 4.78 is 0. The maximum atomic E-state index is 10.1. The van der Waals surface area contributed by atoms with E-state index in [1.807, 2.05) is 0 Å². The average Bonchev–Trinajstić information content (AvgIpc) is 1.82. The first-order valence-electron chi connectivity index (χ1n) is 2.79. The number of allylic oxidation sites excluding steroid dienone is 1. The van der Waals surface area contributed by atoms with Gasteiger partial charge in [0.1, 0.15) is 0 Å². The Morgan fingerprint density at radius 1 is 1.60 bits per heavy atom. The summed E-state index contributed by atoms with van der Waals surface area (Å²) in [4.78, 5) is 10.1. The molecule has 0 aromatic heterocycles. The molecule has 0 saturated carbocycles. The zero-order chi connectivity index (χ0) is 8.15. The Morgan fingerprint density at radius 2 is 2.10 bits per heavy atom. The number of urea groups is 1. The third-order valence-electron chi connectivity index (χ3n) is 0.951. The van der Waals surface area contributed by atoms with Crippen molar-refractivity contribution in [2.24, 2.45) is 10.8 Å². The van der Waals surface area contributed by atoms with Crippen molar-refractivity contribution in [2.75, 3.05) is 0 Å². The number of carbonyl (C=O) groups is 1. The summed E-state index contributed by atoms with van der Waals surface area (Å²) in [6.07, 6.45) is 0. The van der Waals surface area contributed by atoms with Gasteiger partial charge in [0, 0.05) is 0 Å². The SMILES string of the molecule is C=C(C)C(C)=NNC(N)=O. The molecule has 0 aromatic carbocycles. The van der Waals surface area contributed by atoms with Crippen molar-refractivity contribution < 1.29 is 4.79 Å². The predicted molar refractivity (Wildman–Crippen MR) is 40.6 cm³/mol. The molecule has 2 amide bonds. The molecule has 0 aromatic rings. The van der Waals surface area contributed by atoms with Gasteiger partial charge in [-0.1, -0.05) is 6.58 Å². The summed E-state index contributed by atoms with van der Waals surface area (Å²) in [6, 6.07) is -0.666. The zero-order valence-electron chi connectivity index (χ0n) is 6.14. The number of nitrogens with one attached hydrogen (secondary N) is 1. The molecular weight excluding hydrogens is 130 g/mol. The van der Waals surface area contributed by atoms with Gasteiger partial charge in [-0.05, 0) is 19.4 Å². The largest absolute Gasteiger partial charge is 0.350 e. The first-order chi connectivity index (χ1) is 4.54. The van der Waals surface area contributed by atoms with Crippen molar-refractivity contribution >= 4 is 11.7 Å². The van der Waals surface area contributed by atoms with E-state index in [0.29, 0.717) is 5.71 Å². The van der Waals surface area contributed by atoms with Gasteiger partial charge in [0.2, 0.25) is 0 Å². The molecule has 0 fully saturated rings. The fraction of sp³-hybridized carbons (Fsp3) is 0.333. The molecule has 10 heavy (non-hydrogen) atoms. The highest BCUT2D eigenvalue weighted by Gasteiger charge is 1.91. The third-order valence-corrected chi connectivity index (χ3v) is 0.951. The van der Waals surface area contributed by atoms with Gasteiger partial charge in [-0.15, -0.1) is 0 Å². The molecule has 4 nitrogen and oxygen atoms in total. The van der Waals surface area contributed by atoms with Crippen LogP contribution < -0.4 is 11.2 Å². The lowest BCUT2D eigenvalue weighted by atomic mass is 10.2. The van der Waals surface area contributed by atoms with E-state index in [1.54, 1.807) is 13.8 Å². The quantitative estimate of drug-likeness (QED) is 0.429. The minimum absolute atomic E-state index is 0.666. The molecule has 0 rings (SSSR count). The Morgan fingerprint density at radius 3 is 2.40 bits per heavy atom. The molecule has 0 aliphatic carbocycles. The van der Waals surface area contributed by atoms with Gasteiger partial charge < -0.3 is 5.73 Å². The lowest BCUT2D eigenvalue weighted by Gasteiger charge is -1.96. The number of hydrogen-bond acceptors (Lipinski definition) is 2. The van der Waals surface area contributed by atoms with Gasteiger partial charge >= 0.3 is 6.03 Å². The van der Waals surface area contributed by atoms with E-state index in [-0.39, 0.29) is 0 Å². The lowest BCUT2D eigenvalue weighted by molar-refractivity contribution is 0.249. The Balaban J connectivity index is 3.92. The van der Waals surface area contributed by atoms with Crippen molar-refractivity contribution in [3.63, 3.8) is 0 Å². The molecule has 0 radical (unpaired) electrons. The van der Waals surface area contributed by atoms with Crippen molar-refractivity contribution in [2.45, 2.75) is 13.8 Å². The van der Waals surface area contributed by atoms with Crippen LogP contribution in [0.15, 0.2) is 17.3 Å². The van der Waals surface area contributed by atoms with E-state index in [9.17, 15) is 4.79 Å². The third kappa shape index (κ3) is 3.65. The van der Waals surface area contributed by atoms with Crippen molar-refractivity contribution in [3.8, 4) is 0 Å². The number of nitrogens with two attached hydrogens (primary N) is 1. The standard InChI is InChI=1S/C6H11N3O/c1-4(2)5(3)8-9-6(7)10/h1H2,2-3H3,(H3,7,9,10). The van der Waals surface area contributed by atoms with Crippen LogP contribution in [-0.4, -0.2) is 11.7 Å². The molecule has 0 unspecified atom stereocenters. The monoisotopic (exact) mass is 141 g/mol. The average molecular weight is 141 g/mol. The Labute approximate surface area is 59.8 Å². The first kappa shape index (κ1) is 8.68. The lowest BCUT2D eigenvalue weighted by Crippen LogP contribution is -2.25. The second-order valence-electron chi connectivity index (χ2n) is 1.95. The molecule has 0 aliphatic heterocycles. The van der Waals surface area contributed by atoms with Crippen LogP contribution in [0, 0.1) is 0 Å². The maximum absolute atomic E-state index is 10.1. The Bertz CT molecular complexity index is 183. The minimum Gasteiger partial charge on any atom is -0.350 e. The number of hydrazone groups is 1. The molecule has 0 atom stereocenters. The highest BCUT2D eigenvalue weighted by Crippen LogP contribution is 1.89. The van der Waals surface area contributed by atoms with Gasteiger partial charge in [-0.25, -0.2) is 10.2 Å². The molecule has 0 saturated heterocycles. The summed E-state index contributed by atoms with van der Waals surface area (Å²) >= 11 is 0. The van der Waals surface area contributed by atoms with Gasteiger partial charge in [0.25, 0.3) is 0 Å². The van der Waals surface area contributed by atoms with Crippen LogP contribution in [0.5, 0.6) is 0 Å². The van der Waals surface area contributed by atoms with E-state index >= 15 is 0 Å². The topological polar surface area (TPSA) is 67.5 Å². The highest BCUT2D eigenvalue weighted by atomic mass is 16.2. The van der Waals surface area contributed by atoms with E-state index in [0.717, 1.165) is 5.57 Å². The summed E-state index contributed by atoms with van der Waals surface area (Å²) in [6.45, 7) is 7.14. The summed E-state index contributed by atoms with van der Waals surface area (Å²) in [7, 11) is 0. The highest BCUT2D eigenvalue weighted by molar-refractivity contribution is 5.97.